The van der Waals surface area contributed by atoms with E-state index in [0.29, 0.717) is 24.4 Å². The van der Waals surface area contributed by atoms with Crippen LogP contribution in [-0.4, -0.2) is 45.7 Å². The zero-order chi connectivity index (χ0) is 17.1. The molecular weight excluding hydrogens is 302 g/mol. The summed E-state index contributed by atoms with van der Waals surface area (Å²) in [6.45, 7) is 3.94. The van der Waals surface area contributed by atoms with Gasteiger partial charge in [0.15, 0.2) is 5.82 Å². The topological polar surface area (TPSA) is 152 Å². The maximum atomic E-state index is 12.2. The van der Waals surface area contributed by atoms with Crippen molar-refractivity contribution < 1.29 is 9.63 Å². The molecule has 1 aromatic rings. The lowest BCUT2D eigenvalue weighted by Gasteiger charge is -2.31. The number of rotatable bonds is 3. The van der Waals surface area contributed by atoms with Gasteiger partial charge < -0.3 is 16.8 Å². The van der Waals surface area contributed by atoms with Crippen LogP contribution in [0.4, 0.5) is 5.82 Å². The van der Waals surface area contributed by atoms with E-state index < -0.39 is 5.56 Å². The maximum Gasteiger partial charge on any atom is 0.293 e. The Morgan fingerprint density at radius 2 is 2.22 bits per heavy atom. The number of nitrogens with two attached hydrogens (primary N) is 2. The third kappa shape index (κ3) is 3.77. The fourth-order valence-corrected chi connectivity index (χ4v) is 2.31. The molecule has 2 rings (SSSR count). The fraction of sp³-hybridized carbons (Fsp3) is 0.538. The van der Waals surface area contributed by atoms with E-state index in [-0.39, 0.29) is 36.9 Å². The molecule has 6 N–H and O–H groups in total. The van der Waals surface area contributed by atoms with Crippen LogP contribution in [0.25, 0.3) is 0 Å². The van der Waals surface area contributed by atoms with Gasteiger partial charge in [-0.1, -0.05) is 0 Å². The van der Waals surface area contributed by atoms with Crippen LogP contribution in [0.15, 0.2) is 4.79 Å². The first-order valence-electron chi connectivity index (χ1n) is 7.17. The highest BCUT2D eigenvalue weighted by atomic mass is 16.7. The third-order valence-electron chi connectivity index (χ3n) is 3.73. The molecule has 1 fully saturated rings. The molecule has 1 aliphatic heterocycles. The molecule has 0 saturated carbocycles. The van der Waals surface area contributed by atoms with Gasteiger partial charge in [0.2, 0.25) is 11.9 Å². The molecule has 1 unspecified atom stereocenters. The Morgan fingerprint density at radius 3 is 2.78 bits per heavy atom. The fourth-order valence-electron chi connectivity index (χ4n) is 2.31. The highest BCUT2D eigenvalue weighted by Crippen LogP contribution is 2.07. The van der Waals surface area contributed by atoms with Crippen molar-refractivity contribution in [2.75, 3.05) is 18.9 Å². The average Bonchev–Trinajstić information content (AvgIpc) is 2.50. The van der Waals surface area contributed by atoms with Gasteiger partial charge in [-0.05, 0) is 20.3 Å². The van der Waals surface area contributed by atoms with Crippen molar-refractivity contribution in [3.63, 3.8) is 0 Å². The normalized spacial score (nSPS) is 17.8. The molecule has 0 radical (unpaired) electrons. The summed E-state index contributed by atoms with van der Waals surface area (Å²) >= 11 is 0. The number of aryl methyl sites for hydroxylation is 1. The van der Waals surface area contributed by atoms with Gasteiger partial charge in [0.05, 0.1) is 24.9 Å². The van der Waals surface area contributed by atoms with Crippen LogP contribution >= 0.6 is 0 Å². The molecule has 2 heterocycles. The largest absolute Gasteiger partial charge is 0.379 e. The van der Waals surface area contributed by atoms with Crippen LogP contribution in [-0.2, 0) is 16.2 Å². The third-order valence-corrected chi connectivity index (χ3v) is 3.73. The van der Waals surface area contributed by atoms with Crippen molar-refractivity contribution in [1.29, 1.82) is 5.41 Å². The predicted molar refractivity (Wildman–Crippen MR) is 83.5 cm³/mol. The number of hydroxylamine groups is 2. The van der Waals surface area contributed by atoms with Crippen molar-refractivity contribution in [1.82, 2.24) is 19.9 Å². The Bertz CT molecular complexity index is 677. The van der Waals surface area contributed by atoms with Crippen LogP contribution in [0.1, 0.15) is 17.8 Å². The Hall–Kier alpha value is -2.62. The Labute approximate surface area is 132 Å². The second-order valence-electron chi connectivity index (χ2n) is 5.40. The van der Waals surface area contributed by atoms with Gasteiger partial charge in [-0.15, -0.1) is 0 Å². The van der Waals surface area contributed by atoms with Crippen LogP contribution < -0.4 is 22.3 Å². The van der Waals surface area contributed by atoms with Crippen LogP contribution in [0.3, 0.4) is 0 Å². The van der Waals surface area contributed by atoms with Gasteiger partial charge in [-0.25, -0.2) is 10.0 Å². The minimum absolute atomic E-state index is 0.126. The summed E-state index contributed by atoms with van der Waals surface area (Å²) in [5.74, 6) is -0.608. The maximum absolute atomic E-state index is 12.2. The number of aromatic nitrogens is 2. The highest BCUT2D eigenvalue weighted by Gasteiger charge is 2.23. The molecule has 1 saturated heterocycles. The summed E-state index contributed by atoms with van der Waals surface area (Å²) < 4.78 is 1.30. The van der Waals surface area contributed by atoms with Gasteiger partial charge in [0.25, 0.3) is 5.56 Å². The zero-order valence-electron chi connectivity index (χ0n) is 13.1. The Kier molecular flexibility index (Phi) is 4.84. The van der Waals surface area contributed by atoms with E-state index in [1.165, 1.54) is 9.63 Å². The zero-order valence-corrected chi connectivity index (χ0v) is 13.1. The second kappa shape index (κ2) is 6.65. The number of anilines is 1. The van der Waals surface area contributed by atoms with E-state index in [4.69, 9.17) is 21.7 Å². The summed E-state index contributed by atoms with van der Waals surface area (Å²) in [5, 5.41) is 11.3. The first kappa shape index (κ1) is 16.7. The second-order valence-corrected chi connectivity index (χ2v) is 5.40. The predicted octanol–water partition coefficient (Wildman–Crippen LogP) is -1.54. The molecule has 1 aliphatic rings. The van der Waals surface area contributed by atoms with Crippen molar-refractivity contribution in [2.45, 2.75) is 32.9 Å². The van der Waals surface area contributed by atoms with E-state index in [2.05, 4.69) is 10.3 Å². The number of nitrogen functional groups attached to an aromatic ring is 1. The molecule has 0 aliphatic carbocycles. The monoisotopic (exact) mass is 323 g/mol. The van der Waals surface area contributed by atoms with Crippen LogP contribution in [0.2, 0.25) is 0 Å². The summed E-state index contributed by atoms with van der Waals surface area (Å²) in [5.41, 5.74) is 11.6. The van der Waals surface area contributed by atoms with Crippen molar-refractivity contribution >= 4 is 17.7 Å². The molecule has 1 amide bonds. The molecule has 1 atom stereocenters. The van der Waals surface area contributed by atoms with E-state index in [1.807, 2.05) is 0 Å². The molecule has 10 heteroatoms. The molecular formula is C13H21N7O3. The molecule has 10 nitrogen and oxygen atoms in total. The quantitative estimate of drug-likeness (QED) is 0.388. The lowest BCUT2D eigenvalue weighted by molar-refractivity contribution is -0.143. The molecule has 0 aromatic carbocycles. The van der Waals surface area contributed by atoms with Gasteiger partial charge in [-0.3, -0.25) is 24.4 Å². The number of nitrogens with zero attached hydrogens (tertiary/aromatic N) is 3. The van der Waals surface area contributed by atoms with Gasteiger partial charge in [0, 0.05) is 5.69 Å². The summed E-state index contributed by atoms with van der Waals surface area (Å²) in [4.78, 5) is 33.4. The Balaban J connectivity index is 1.99. The number of guanidine groups is 1. The van der Waals surface area contributed by atoms with E-state index in [1.54, 1.807) is 13.8 Å². The molecule has 0 spiro atoms. The van der Waals surface area contributed by atoms with E-state index >= 15 is 0 Å². The van der Waals surface area contributed by atoms with Crippen molar-refractivity contribution in [3.05, 3.63) is 21.7 Å². The highest BCUT2D eigenvalue weighted by molar-refractivity contribution is 5.76. The summed E-state index contributed by atoms with van der Waals surface area (Å²) in [6, 6.07) is -0.200. The van der Waals surface area contributed by atoms with E-state index in [0.717, 1.165) is 0 Å². The molecule has 23 heavy (non-hydrogen) atoms. The standard InChI is InChI=1S/C13H21N7O3/c1-7-8(2)19(12(22)11(14)17-7)5-10(21)18-9-3-4-20(13(15)16)23-6-9/h9H,3-6H2,1-2H3,(H2,14,17)(H3,15,16)(H,18,21). The molecule has 126 valence electrons. The van der Waals surface area contributed by atoms with Gasteiger partial charge >= 0.3 is 0 Å². The van der Waals surface area contributed by atoms with Crippen molar-refractivity contribution in [3.8, 4) is 0 Å². The number of hydrogen-bond donors (Lipinski definition) is 4. The number of carbonyl (C=O) groups is 1. The Morgan fingerprint density at radius 1 is 1.52 bits per heavy atom. The average molecular weight is 323 g/mol. The number of carbonyl (C=O) groups excluding carboxylic acids is 1. The minimum atomic E-state index is -0.481. The molecule has 1 aromatic heterocycles. The minimum Gasteiger partial charge on any atom is -0.379 e. The first-order chi connectivity index (χ1) is 10.8. The van der Waals surface area contributed by atoms with E-state index in [9.17, 15) is 9.59 Å². The smallest absolute Gasteiger partial charge is 0.293 e. The van der Waals surface area contributed by atoms with Gasteiger partial charge in [-0.2, -0.15) is 0 Å². The molecule has 0 bridgehead atoms. The lowest BCUT2D eigenvalue weighted by Crippen LogP contribution is -2.50. The number of amides is 1. The summed E-state index contributed by atoms with van der Waals surface area (Å²) in [7, 11) is 0. The number of hydrogen-bond acceptors (Lipinski definition) is 6. The van der Waals surface area contributed by atoms with Crippen molar-refractivity contribution in [2.24, 2.45) is 5.73 Å². The SMILES string of the molecule is Cc1nc(N)c(=O)n(CC(=O)NC2CCN(C(=N)N)OC2)c1C. The number of nitrogens with one attached hydrogen (secondary N) is 2. The first-order valence-corrected chi connectivity index (χ1v) is 7.17. The summed E-state index contributed by atoms with van der Waals surface area (Å²) in [6.07, 6.45) is 0.594. The van der Waals surface area contributed by atoms with Gasteiger partial charge in [0.1, 0.15) is 6.54 Å². The lowest BCUT2D eigenvalue weighted by atomic mass is 10.2. The van der Waals surface area contributed by atoms with Crippen LogP contribution in [0.5, 0.6) is 0 Å². The van der Waals surface area contributed by atoms with Crippen LogP contribution in [0, 0.1) is 19.3 Å².